The number of ether oxygens (including phenoxy) is 2. The molecular weight excluding hydrogens is 266 g/mol. The monoisotopic (exact) mass is 289 g/mol. The molecule has 3 rings (SSSR count). The number of rotatable bonds is 5. The molecule has 0 radical (unpaired) electrons. The van der Waals surface area contributed by atoms with Crippen LogP contribution in [0.3, 0.4) is 0 Å². The molecule has 0 atom stereocenters. The number of anilines is 1. The molecule has 21 heavy (non-hydrogen) atoms. The molecule has 0 unspecified atom stereocenters. The summed E-state index contributed by atoms with van der Waals surface area (Å²) in [5, 5.41) is 0. The second-order valence-electron chi connectivity index (χ2n) is 5.61. The van der Waals surface area contributed by atoms with E-state index in [1.165, 1.54) is 32.1 Å². The van der Waals surface area contributed by atoms with E-state index in [2.05, 4.69) is 4.98 Å². The Morgan fingerprint density at radius 2 is 2.10 bits per heavy atom. The quantitative estimate of drug-likeness (QED) is 0.919. The third-order valence-electron chi connectivity index (χ3n) is 4.21. The molecule has 2 N–H and O–H groups in total. The number of fused-ring (bicyclic) bond motifs is 1. The van der Waals surface area contributed by atoms with E-state index in [0.29, 0.717) is 18.7 Å². The van der Waals surface area contributed by atoms with E-state index >= 15 is 0 Å². The summed E-state index contributed by atoms with van der Waals surface area (Å²) in [6.45, 7) is 1.41. The Balaban J connectivity index is 1.69. The minimum atomic E-state index is 0.421. The molecule has 0 amide bonds. The molecule has 0 aliphatic heterocycles. The average molecular weight is 289 g/mol. The SMILES string of the molecule is COc1ccc2nc(N)n(CCOC3CCCCC3)c2c1. The second-order valence-corrected chi connectivity index (χ2v) is 5.61. The van der Waals surface area contributed by atoms with E-state index in [1.807, 2.05) is 22.8 Å². The highest BCUT2D eigenvalue weighted by molar-refractivity contribution is 5.79. The Bertz CT molecular complexity index is 603. The minimum absolute atomic E-state index is 0.421. The van der Waals surface area contributed by atoms with Gasteiger partial charge in [0.05, 0.1) is 30.9 Å². The zero-order valence-corrected chi connectivity index (χ0v) is 12.5. The van der Waals surface area contributed by atoms with Crippen molar-refractivity contribution in [1.29, 1.82) is 0 Å². The van der Waals surface area contributed by atoms with E-state index in [9.17, 15) is 0 Å². The summed E-state index contributed by atoms with van der Waals surface area (Å²) >= 11 is 0. The molecule has 1 aromatic carbocycles. The molecule has 1 saturated carbocycles. The van der Waals surface area contributed by atoms with E-state index in [4.69, 9.17) is 15.2 Å². The minimum Gasteiger partial charge on any atom is -0.497 e. The molecule has 5 nitrogen and oxygen atoms in total. The van der Waals surface area contributed by atoms with Gasteiger partial charge in [-0.3, -0.25) is 0 Å². The van der Waals surface area contributed by atoms with Crippen molar-refractivity contribution in [3.8, 4) is 5.75 Å². The fourth-order valence-corrected chi connectivity index (χ4v) is 3.03. The standard InChI is InChI=1S/C16H23N3O2/c1-20-13-7-8-14-15(11-13)19(16(17)18-14)9-10-21-12-5-3-2-4-6-12/h7-8,11-12H,2-6,9-10H2,1H3,(H2,17,18). The predicted molar refractivity (Wildman–Crippen MR) is 83.5 cm³/mol. The number of nitrogens with zero attached hydrogens (tertiary/aromatic N) is 2. The van der Waals surface area contributed by atoms with Gasteiger partial charge in [0.1, 0.15) is 5.75 Å². The van der Waals surface area contributed by atoms with Crippen LogP contribution in [-0.2, 0) is 11.3 Å². The highest BCUT2D eigenvalue weighted by Gasteiger charge is 2.14. The van der Waals surface area contributed by atoms with Gasteiger partial charge in [0.2, 0.25) is 5.95 Å². The Morgan fingerprint density at radius 1 is 1.29 bits per heavy atom. The van der Waals surface area contributed by atoms with Crippen molar-refractivity contribution in [2.75, 3.05) is 19.5 Å². The van der Waals surface area contributed by atoms with Crippen molar-refractivity contribution in [3.63, 3.8) is 0 Å². The zero-order chi connectivity index (χ0) is 14.7. The summed E-state index contributed by atoms with van der Waals surface area (Å²) in [5.74, 6) is 1.35. The van der Waals surface area contributed by atoms with Crippen molar-refractivity contribution in [2.24, 2.45) is 0 Å². The summed E-state index contributed by atoms with van der Waals surface area (Å²) in [7, 11) is 1.66. The van der Waals surface area contributed by atoms with Gasteiger partial charge in [0.15, 0.2) is 0 Å². The van der Waals surface area contributed by atoms with Crippen molar-refractivity contribution in [2.45, 2.75) is 44.8 Å². The second kappa shape index (κ2) is 6.35. The molecular formula is C16H23N3O2. The molecule has 5 heteroatoms. The van der Waals surface area contributed by atoms with Gasteiger partial charge in [0.25, 0.3) is 0 Å². The largest absolute Gasteiger partial charge is 0.497 e. The molecule has 1 aliphatic rings. The molecule has 114 valence electrons. The summed E-state index contributed by atoms with van der Waals surface area (Å²) < 4.78 is 13.3. The number of benzene rings is 1. The summed E-state index contributed by atoms with van der Waals surface area (Å²) in [6, 6.07) is 5.81. The fourth-order valence-electron chi connectivity index (χ4n) is 3.03. The van der Waals surface area contributed by atoms with Crippen molar-refractivity contribution in [3.05, 3.63) is 18.2 Å². The highest BCUT2D eigenvalue weighted by atomic mass is 16.5. The smallest absolute Gasteiger partial charge is 0.201 e. The molecule has 2 aromatic rings. The Hall–Kier alpha value is -1.75. The summed E-state index contributed by atoms with van der Waals surface area (Å²) in [5.41, 5.74) is 7.91. The van der Waals surface area contributed by atoms with Crippen LogP contribution in [0.2, 0.25) is 0 Å². The van der Waals surface area contributed by atoms with Gasteiger partial charge >= 0.3 is 0 Å². The van der Waals surface area contributed by atoms with Crippen LogP contribution in [0.4, 0.5) is 5.95 Å². The van der Waals surface area contributed by atoms with Crippen LogP contribution in [-0.4, -0.2) is 29.4 Å². The summed E-state index contributed by atoms with van der Waals surface area (Å²) in [4.78, 5) is 4.38. The number of aromatic nitrogens is 2. The third-order valence-corrected chi connectivity index (χ3v) is 4.21. The molecule has 0 spiro atoms. The van der Waals surface area contributed by atoms with Crippen LogP contribution < -0.4 is 10.5 Å². The number of hydrogen-bond acceptors (Lipinski definition) is 4. The lowest BCUT2D eigenvalue weighted by atomic mass is 9.98. The normalized spacial score (nSPS) is 16.4. The molecule has 1 aromatic heterocycles. The van der Waals surface area contributed by atoms with Gasteiger partial charge in [-0.25, -0.2) is 4.98 Å². The Morgan fingerprint density at radius 3 is 2.86 bits per heavy atom. The molecule has 0 saturated heterocycles. The first-order valence-corrected chi connectivity index (χ1v) is 7.69. The van der Waals surface area contributed by atoms with Crippen LogP contribution in [0.25, 0.3) is 11.0 Å². The lowest BCUT2D eigenvalue weighted by molar-refractivity contribution is 0.0246. The number of hydrogen-bond donors (Lipinski definition) is 1. The van der Waals surface area contributed by atoms with E-state index in [-0.39, 0.29) is 0 Å². The molecule has 1 heterocycles. The van der Waals surface area contributed by atoms with E-state index in [1.54, 1.807) is 7.11 Å². The van der Waals surface area contributed by atoms with Crippen molar-refractivity contribution in [1.82, 2.24) is 9.55 Å². The topological polar surface area (TPSA) is 62.3 Å². The van der Waals surface area contributed by atoms with Gasteiger partial charge in [-0.1, -0.05) is 19.3 Å². The van der Waals surface area contributed by atoms with Gasteiger partial charge in [-0.15, -0.1) is 0 Å². The van der Waals surface area contributed by atoms with Crippen LogP contribution in [0, 0.1) is 0 Å². The predicted octanol–water partition coefficient (Wildman–Crippen LogP) is 2.98. The van der Waals surface area contributed by atoms with Gasteiger partial charge in [0, 0.05) is 12.6 Å². The number of imidazole rings is 1. The van der Waals surface area contributed by atoms with E-state index in [0.717, 1.165) is 23.3 Å². The van der Waals surface area contributed by atoms with Gasteiger partial charge in [-0.2, -0.15) is 0 Å². The number of nitrogen functional groups attached to an aromatic ring is 1. The van der Waals surface area contributed by atoms with E-state index < -0.39 is 0 Å². The fraction of sp³-hybridized carbons (Fsp3) is 0.562. The Labute approximate surface area is 125 Å². The van der Waals surface area contributed by atoms with Crippen LogP contribution >= 0.6 is 0 Å². The molecule has 1 aliphatic carbocycles. The number of methoxy groups -OCH3 is 1. The maximum Gasteiger partial charge on any atom is 0.201 e. The van der Waals surface area contributed by atoms with Crippen LogP contribution in [0.15, 0.2) is 18.2 Å². The van der Waals surface area contributed by atoms with Gasteiger partial charge in [-0.05, 0) is 25.0 Å². The Kier molecular flexibility index (Phi) is 4.29. The first kappa shape index (κ1) is 14.2. The lowest BCUT2D eigenvalue weighted by Gasteiger charge is -2.22. The first-order chi connectivity index (χ1) is 10.3. The average Bonchev–Trinajstić information content (AvgIpc) is 2.83. The lowest BCUT2D eigenvalue weighted by Crippen LogP contribution is -2.19. The van der Waals surface area contributed by atoms with Crippen LogP contribution in [0.1, 0.15) is 32.1 Å². The maximum atomic E-state index is 6.02. The zero-order valence-electron chi connectivity index (χ0n) is 12.5. The number of nitrogens with two attached hydrogens (primary N) is 1. The first-order valence-electron chi connectivity index (χ1n) is 7.69. The van der Waals surface area contributed by atoms with Crippen molar-refractivity contribution < 1.29 is 9.47 Å². The maximum absolute atomic E-state index is 6.02. The van der Waals surface area contributed by atoms with Crippen LogP contribution in [0.5, 0.6) is 5.75 Å². The summed E-state index contributed by atoms with van der Waals surface area (Å²) in [6.07, 6.45) is 6.72. The molecule has 0 bridgehead atoms. The van der Waals surface area contributed by atoms with Gasteiger partial charge < -0.3 is 19.8 Å². The molecule has 1 fully saturated rings. The highest BCUT2D eigenvalue weighted by Crippen LogP contribution is 2.24. The third kappa shape index (κ3) is 3.13. The van der Waals surface area contributed by atoms with Crippen molar-refractivity contribution >= 4 is 17.0 Å².